The minimum Gasteiger partial charge on any atom is -0.462 e. The third-order valence-electron chi connectivity index (χ3n) is 6.67. The highest BCUT2D eigenvalue weighted by Gasteiger charge is 2.37. The summed E-state index contributed by atoms with van der Waals surface area (Å²) in [6, 6.07) is 15.5. The number of hydrogen-bond donors (Lipinski definition) is 0. The zero-order valence-electron chi connectivity index (χ0n) is 22.8. The molecule has 2 heterocycles. The molecule has 0 spiro atoms. The van der Waals surface area contributed by atoms with Crippen molar-refractivity contribution in [1.29, 1.82) is 0 Å². The molecule has 0 N–H and O–H groups in total. The number of nitrogens with zero attached hydrogens (tertiary/aromatic N) is 4. The molecule has 1 aliphatic rings. The summed E-state index contributed by atoms with van der Waals surface area (Å²) in [5.74, 6) is -0.740. The predicted octanol–water partition coefficient (Wildman–Crippen LogP) is 4.12. The van der Waals surface area contributed by atoms with Gasteiger partial charge in [-0.05, 0) is 39.3 Å². The molecule has 1 amide bonds. The summed E-state index contributed by atoms with van der Waals surface area (Å²) in [6.45, 7) is 7.92. The molecule has 1 saturated heterocycles. The van der Waals surface area contributed by atoms with Crippen molar-refractivity contribution >= 4 is 21.9 Å². The molecular formula is C29H34N4O5S. The monoisotopic (exact) mass is 550 g/mol. The largest absolute Gasteiger partial charge is 0.462 e. The van der Waals surface area contributed by atoms with Gasteiger partial charge in [-0.25, -0.2) is 23.2 Å². The average molecular weight is 551 g/mol. The van der Waals surface area contributed by atoms with E-state index in [1.165, 1.54) is 4.31 Å². The lowest BCUT2D eigenvalue weighted by Crippen LogP contribution is -2.55. The van der Waals surface area contributed by atoms with E-state index >= 15 is 0 Å². The Bertz CT molecular complexity index is 1440. The van der Waals surface area contributed by atoms with Crippen molar-refractivity contribution in [3.63, 3.8) is 0 Å². The summed E-state index contributed by atoms with van der Waals surface area (Å²) in [6.07, 6.45) is 1.17. The van der Waals surface area contributed by atoms with E-state index in [1.54, 1.807) is 43.0 Å². The van der Waals surface area contributed by atoms with E-state index in [-0.39, 0.29) is 42.4 Å². The molecule has 39 heavy (non-hydrogen) atoms. The number of esters is 1. The van der Waals surface area contributed by atoms with Crippen molar-refractivity contribution in [2.24, 2.45) is 0 Å². The van der Waals surface area contributed by atoms with E-state index in [2.05, 4.69) is 9.97 Å². The van der Waals surface area contributed by atoms with Gasteiger partial charge in [-0.1, -0.05) is 61.4 Å². The SMILES string of the molecule is CCCc1nc(-c2ccccc2)nc(C(=O)N2CCN(S(=O)(=O)c3ccc(C)cc3)C(C)C2)c1C(=O)OCC. The van der Waals surface area contributed by atoms with Crippen LogP contribution in [-0.4, -0.2) is 71.8 Å². The van der Waals surface area contributed by atoms with Crippen molar-refractivity contribution in [2.75, 3.05) is 26.2 Å². The van der Waals surface area contributed by atoms with Crippen LogP contribution in [0.2, 0.25) is 0 Å². The predicted molar refractivity (Wildman–Crippen MR) is 148 cm³/mol. The first-order chi connectivity index (χ1) is 18.7. The van der Waals surface area contributed by atoms with Crippen molar-refractivity contribution in [3.05, 3.63) is 77.1 Å². The van der Waals surface area contributed by atoms with Crippen LogP contribution < -0.4 is 0 Å². The van der Waals surface area contributed by atoms with Crippen molar-refractivity contribution in [1.82, 2.24) is 19.2 Å². The summed E-state index contributed by atoms with van der Waals surface area (Å²) >= 11 is 0. The van der Waals surface area contributed by atoms with Crippen LogP contribution in [0.4, 0.5) is 0 Å². The summed E-state index contributed by atoms with van der Waals surface area (Å²) in [4.78, 5) is 38.0. The van der Waals surface area contributed by atoms with Crippen LogP contribution in [0.3, 0.4) is 0 Å². The first-order valence-corrected chi connectivity index (χ1v) is 14.6. The number of amides is 1. The number of carbonyl (C=O) groups is 2. The molecule has 3 aromatic rings. The summed E-state index contributed by atoms with van der Waals surface area (Å²) in [5.41, 5.74) is 2.21. The number of aryl methyl sites for hydroxylation is 2. The average Bonchev–Trinajstić information content (AvgIpc) is 2.93. The Labute approximate surface area is 229 Å². The second kappa shape index (κ2) is 12.0. The van der Waals surface area contributed by atoms with Gasteiger partial charge in [-0.3, -0.25) is 4.79 Å². The Hall–Kier alpha value is -3.63. The molecule has 0 radical (unpaired) electrons. The number of rotatable bonds is 8. The fraction of sp³-hybridized carbons (Fsp3) is 0.379. The summed E-state index contributed by atoms with van der Waals surface area (Å²) in [5, 5.41) is 0. The molecule has 0 bridgehead atoms. The molecule has 0 saturated carbocycles. The van der Waals surface area contributed by atoms with Crippen LogP contribution in [0.5, 0.6) is 0 Å². The molecule has 10 heteroatoms. The molecule has 1 unspecified atom stereocenters. The maximum atomic E-state index is 13.9. The molecular weight excluding hydrogens is 516 g/mol. The van der Waals surface area contributed by atoms with Gasteiger partial charge in [0.15, 0.2) is 5.82 Å². The van der Waals surface area contributed by atoms with Crippen LogP contribution >= 0.6 is 0 Å². The summed E-state index contributed by atoms with van der Waals surface area (Å²) < 4.78 is 33.4. The zero-order chi connectivity index (χ0) is 28.2. The van der Waals surface area contributed by atoms with Gasteiger partial charge in [0.2, 0.25) is 10.0 Å². The van der Waals surface area contributed by atoms with Crippen LogP contribution in [0, 0.1) is 6.92 Å². The Balaban J connectivity index is 1.69. The molecule has 1 fully saturated rings. The standard InChI is InChI=1S/C29H34N4O5S/c1-5-10-24-25(29(35)38-6-2)26(31-27(30-24)22-11-8-7-9-12-22)28(34)32-17-18-33(21(4)19-32)39(36,37)23-15-13-20(3)14-16-23/h7-9,11-16,21H,5-6,10,17-19H2,1-4H3. The number of aromatic nitrogens is 2. The van der Waals surface area contributed by atoms with E-state index < -0.39 is 27.9 Å². The van der Waals surface area contributed by atoms with Gasteiger partial charge < -0.3 is 9.64 Å². The van der Waals surface area contributed by atoms with E-state index in [0.29, 0.717) is 24.4 Å². The lowest BCUT2D eigenvalue weighted by molar-refractivity contribution is 0.0508. The second-order valence-corrected chi connectivity index (χ2v) is 11.5. The molecule has 2 aromatic carbocycles. The van der Waals surface area contributed by atoms with E-state index in [9.17, 15) is 18.0 Å². The quantitative estimate of drug-likeness (QED) is 0.388. The number of hydrogen-bond acceptors (Lipinski definition) is 7. The zero-order valence-corrected chi connectivity index (χ0v) is 23.6. The Kier molecular flexibility index (Phi) is 8.76. The second-order valence-electron chi connectivity index (χ2n) is 9.58. The van der Waals surface area contributed by atoms with Gasteiger partial charge >= 0.3 is 5.97 Å². The molecule has 9 nitrogen and oxygen atoms in total. The van der Waals surface area contributed by atoms with Gasteiger partial charge in [0.05, 0.1) is 17.2 Å². The Morgan fingerprint density at radius 3 is 2.31 bits per heavy atom. The molecule has 206 valence electrons. The lowest BCUT2D eigenvalue weighted by atomic mass is 10.0. The first-order valence-electron chi connectivity index (χ1n) is 13.2. The Morgan fingerprint density at radius 1 is 1.00 bits per heavy atom. The third-order valence-corrected chi connectivity index (χ3v) is 8.69. The number of piperazine rings is 1. The maximum absolute atomic E-state index is 13.9. The maximum Gasteiger partial charge on any atom is 0.342 e. The van der Waals surface area contributed by atoms with E-state index in [0.717, 1.165) is 11.1 Å². The van der Waals surface area contributed by atoms with E-state index in [4.69, 9.17) is 4.74 Å². The van der Waals surface area contributed by atoms with Gasteiger partial charge in [-0.2, -0.15) is 4.31 Å². The third kappa shape index (κ3) is 6.02. The highest BCUT2D eigenvalue weighted by molar-refractivity contribution is 7.89. The van der Waals surface area contributed by atoms with Gasteiger partial charge in [0.25, 0.3) is 5.91 Å². The number of benzene rings is 2. The normalized spacial score (nSPS) is 16.2. The molecule has 1 atom stereocenters. The number of ether oxygens (including phenoxy) is 1. The van der Waals surface area contributed by atoms with Crippen LogP contribution in [0.15, 0.2) is 59.5 Å². The van der Waals surface area contributed by atoms with Crippen molar-refractivity contribution < 1.29 is 22.7 Å². The molecule has 0 aliphatic carbocycles. The van der Waals surface area contributed by atoms with Crippen LogP contribution in [0.25, 0.3) is 11.4 Å². The van der Waals surface area contributed by atoms with Gasteiger partial charge in [0.1, 0.15) is 11.3 Å². The molecule has 1 aliphatic heterocycles. The minimum atomic E-state index is -3.73. The molecule has 1 aromatic heterocycles. The fourth-order valence-electron chi connectivity index (χ4n) is 4.69. The fourth-order valence-corrected chi connectivity index (χ4v) is 6.30. The van der Waals surface area contributed by atoms with Gasteiger partial charge in [-0.15, -0.1) is 0 Å². The first kappa shape index (κ1) is 28.4. The molecule has 4 rings (SSSR count). The lowest BCUT2D eigenvalue weighted by Gasteiger charge is -2.39. The van der Waals surface area contributed by atoms with Gasteiger partial charge in [0, 0.05) is 31.2 Å². The number of carbonyl (C=O) groups excluding carboxylic acids is 2. The van der Waals surface area contributed by atoms with Crippen molar-refractivity contribution in [3.8, 4) is 11.4 Å². The van der Waals surface area contributed by atoms with E-state index in [1.807, 2.05) is 44.2 Å². The van der Waals surface area contributed by atoms with Crippen molar-refractivity contribution in [2.45, 2.75) is 51.5 Å². The highest BCUT2D eigenvalue weighted by Crippen LogP contribution is 2.26. The number of sulfonamides is 1. The minimum absolute atomic E-state index is 0.0206. The Morgan fingerprint density at radius 2 is 1.69 bits per heavy atom. The van der Waals surface area contributed by atoms with Crippen LogP contribution in [-0.2, 0) is 21.2 Å². The topological polar surface area (TPSA) is 110 Å². The smallest absolute Gasteiger partial charge is 0.342 e. The highest BCUT2D eigenvalue weighted by atomic mass is 32.2. The van der Waals surface area contributed by atoms with Crippen LogP contribution in [0.1, 0.15) is 59.3 Å². The summed E-state index contributed by atoms with van der Waals surface area (Å²) in [7, 11) is -3.73.